The summed E-state index contributed by atoms with van der Waals surface area (Å²) in [7, 11) is 0. The minimum absolute atomic E-state index is 0.260. The molecule has 6 unspecified atom stereocenters. The highest BCUT2D eigenvalue weighted by Gasteiger charge is 2.61. The lowest BCUT2D eigenvalue weighted by molar-refractivity contribution is -0.141. The van der Waals surface area contributed by atoms with E-state index in [0.29, 0.717) is 29.9 Å². The summed E-state index contributed by atoms with van der Waals surface area (Å²) in [5, 5.41) is 4.12. The van der Waals surface area contributed by atoms with Crippen LogP contribution in [0.5, 0.6) is 5.75 Å². The van der Waals surface area contributed by atoms with Crippen molar-refractivity contribution in [1.82, 2.24) is 5.32 Å². The van der Waals surface area contributed by atoms with E-state index in [1.807, 2.05) is 24.3 Å². The first-order chi connectivity index (χ1) is 15.2. The van der Waals surface area contributed by atoms with E-state index in [4.69, 9.17) is 16.3 Å². The predicted molar refractivity (Wildman–Crippen MR) is 132 cm³/mol. The maximum Gasteiger partial charge on any atom is 0.220 e. The molecule has 1 saturated heterocycles. The Morgan fingerprint density at radius 2 is 1.78 bits per heavy atom. The summed E-state index contributed by atoms with van der Waals surface area (Å²) in [6.45, 7) is 11.7. The number of hydrogen-bond acceptors (Lipinski definition) is 2. The zero-order valence-electron chi connectivity index (χ0n) is 20.6. The molecule has 32 heavy (non-hydrogen) atoms. The first kappa shape index (κ1) is 23.9. The second-order valence-corrected chi connectivity index (χ2v) is 12.1. The van der Waals surface area contributed by atoms with Crippen LogP contribution in [0.3, 0.4) is 0 Å². The van der Waals surface area contributed by atoms with E-state index in [1.165, 1.54) is 19.3 Å². The van der Waals surface area contributed by atoms with Gasteiger partial charge in [0.05, 0.1) is 6.10 Å². The molecule has 0 radical (unpaired) electrons. The molecule has 3 aliphatic carbocycles. The van der Waals surface area contributed by atoms with Gasteiger partial charge in [0.15, 0.2) is 0 Å². The summed E-state index contributed by atoms with van der Waals surface area (Å²) < 4.78 is 6.43. The molecule has 1 heterocycles. The van der Waals surface area contributed by atoms with Crippen molar-refractivity contribution in [2.45, 2.75) is 98.1 Å². The van der Waals surface area contributed by atoms with Crippen LogP contribution in [0.15, 0.2) is 24.3 Å². The first-order valence-corrected chi connectivity index (χ1v) is 13.3. The second kappa shape index (κ2) is 9.20. The van der Waals surface area contributed by atoms with Gasteiger partial charge in [-0.2, -0.15) is 0 Å². The van der Waals surface area contributed by atoms with Crippen LogP contribution in [0.25, 0.3) is 0 Å². The van der Waals surface area contributed by atoms with E-state index in [9.17, 15) is 4.79 Å². The topological polar surface area (TPSA) is 38.3 Å². The number of halogens is 1. The van der Waals surface area contributed by atoms with E-state index >= 15 is 0 Å². The van der Waals surface area contributed by atoms with Gasteiger partial charge >= 0.3 is 0 Å². The lowest BCUT2D eigenvalue weighted by Gasteiger charge is -2.61. The number of hydrogen-bond donors (Lipinski definition) is 1. The molecule has 5 rings (SSSR count). The molecule has 1 aromatic rings. The first-order valence-electron chi connectivity index (χ1n) is 12.9. The van der Waals surface area contributed by atoms with Crippen molar-refractivity contribution < 1.29 is 9.53 Å². The third kappa shape index (κ3) is 4.31. The molecule has 1 aromatic carbocycles. The standard InChI is InChI=1S/C25H34ClNO2.C3H8/c1-15-12-21-25(3,11-9-22(28)27-21)19-8-10-24(2)14-18(13-20(24)23(15)19)29-17-6-4-16(26)5-7-17;1-3-2/h4-7,15,18-21,23H,8-14H2,1-3H3,(H,27,28);3H2,1-2H3/t15?,18-,19?,20?,21?,23?,24?,25+;/m0./s1. The van der Waals surface area contributed by atoms with Gasteiger partial charge in [-0.25, -0.2) is 0 Å². The monoisotopic (exact) mass is 459 g/mol. The zero-order valence-corrected chi connectivity index (χ0v) is 21.4. The number of amides is 1. The molecule has 1 amide bonds. The maximum atomic E-state index is 12.1. The third-order valence-electron chi connectivity index (χ3n) is 9.31. The Kier molecular flexibility index (Phi) is 6.88. The van der Waals surface area contributed by atoms with E-state index in [2.05, 4.69) is 39.9 Å². The molecular weight excluding hydrogens is 418 g/mol. The maximum absolute atomic E-state index is 12.1. The van der Waals surface area contributed by atoms with Gasteiger partial charge in [0.25, 0.3) is 0 Å². The summed E-state index contributed by atoms with van der Waals surface area (Å²) >= 11 is 6.04. The fourth-order valence-corrected chi connectivity index (χ4v) is 7.96. The van der Waals surface area contributed by atoms with Crippen LogP contribution in [-0.4, -0.2) is 18.1 Å². The van der Waals surface area contributed by atoms with Crippen molar-refractivity contribution in [2.75, 3.05) is 0 Å². The predicted octanol–water partition coefficient (Wildman–Crippen LogP) is 7.27. The van der Waals surface area contributed by atoms with Crippen LogP contribution in [-0.2, 0) is 4.79 Å². The smallest absolute Gasteiger partial charge is 0.220 e. The van der Waals surface area contributed by atoms with Crippen molar-refractivity contribution in [3.05, 3.63) is 29.3 Å². The van der Waals surface area contributed by atoms with Gasteiger partial charge in [0, 0.05) is 17.5 Å². The fourth-order valence-electron chi connectivity index (χ4n) is 7.84. The van der Waals surface area contributed by atoms with Gasteiger partial charge in [0.1, 0.15) is 5.75 Å². The van der Waals surface area contributed by atoms with Crippen LogP contribution < -0.4 is 10.1 Å². The van der Waals surface area contributed by atoms with Crippen molar-refractivity contribution in [3.63, 3.8) is 0 Å². The molecule has 8 atom stereocenters. The van der Waals surface area contributed by atoms with E-state index in [-0.39, 0.29) is 11.3 Å². The third-order valence-corrected chi connectivity index (χ3v) is 9.56. The molecule has 0 spiro atoms. The van der Waals surface area contributed by atoms with Gasteiger partial charge in [0.2, 0.25) is 5.91 Å². The minimum atomic E-state index is 0.260. The van der Waals surface area contributed by atoms with Gasteiger partial charge in [-0.15, -0.1) is 0 Å². The Morgan fingerprint density at radius 3 is 2.47 bits per heavy atom. The number of piperidine rings is 1. The summed E-state index contributed by atoms with van der Waals surface area (Å²) in [5.74, 6) is 4.07. The highest BCUT2D eigenvalue weighted by molar-refractivity contribution is 6.30. The molecule has 3 saturated carbocycles. The number of rotatable bonds is 2. The van der Waals surface area contributed by atoms with Crippen LogP contribution in [0.1, 0.15) is 86.0 Å². The average Bonchev–Trinajstić information content (AvgIpc) is 3.07. The molecule has 4 fully saturated rings. The quantitative estimate of drug-likeness (QED) is 0.504. The minimum Gasteiger partial charge on any atom is -0.490 e. The van der Waals surface area contributed by atoms with Gasteiger partial charge in [-0.1, -0.05) is 52.6 Å². The SMILES string of the molecule is CC1CC2NC(=O)CC[C@]2(C)C2CCC3(C)C[C@@H](Oc4ccc(Cl)cc4)CC3C12.CCC. The van der Waals surface area contributed by atoms with Gasteiger partial charge < -0.3 is 10.1 Å². The Bertz CT molecular complexity index is 810. The molecule has 0 bridgehead atoms. The Labute approximate surface area is 200 Å². The molecule has 0 aromatic heterocycles. The van der Waals surface area contributed by atoms with Gasteiger partial charge in [-0.05, 0) is 97.3 Å². The van der Waals surface area contributed by atoms with E-state index < -0.39 is 0 Å². The lowest BCUT2D eigenvalue weighted by Crippen LogP contribution is -2.62. The number of carbonyl (C=O) groups excluding carboxylic acids is 1. The molecule has 4 heteroatoms. The number of nitrogens with one attached hydrogen (secondary N) is 1. The number of fused-ring (bicyclic) bond motifs is 5. The normalized spacial score (nSPS) is 42.5. The van der Waals surface area contributed by atoms with E-state index in [0.717, 1.165) is 54.2 Å². The summed E-state index contributed by atoms with van der Waals surface area (Å²) in [5.41, 5.74) is 0.648. The van der Waals surface area contributed by atoms with Crippen LogP contribution >= 0.6 is 11.6 Å². The Morgan fingerprint density at radius 1 is 1.09 bits per heavy atom. The molecule has 178 valence electrons. The second-order valence-electron chi connectivity index (χ2n) is 11.7. The number of ether oxygens (including phenoxy) is 1. The molecule has 4 aliphatic rings. The van der Waals surface area contributed by atoms with Crippen molar-refractivity contribution >= 4 is 17.5 Å². The zero-order chi connectivity index (χ0) is 23.1. The van der Waals surface area contributed by atoms with Crippen LogP contribution in [0.4, 0.5) is 0 Å². The number of carbonyl (C=O) groups is 1. The average molecular weight is 460 g/mol. The highest BCUT2D eigenvalue weighted by atomic mass is 35.5. The molecular formula is C28H42ClNO2. The molecule has 1 N–H and O–H groups in total. The van der Waals surface area contributed by atoms with Gasteiger partial charge in [-0.3, -0.25) is 4.79 Å². The molecule has 1 aliphatic heterocycles. The van der Waals surface area contributed by atoms with Crippen LogP contribution in [0.2, 0.25) is 5.02 Å². The Hall–Kier alpha value is -1.22. The van der Waals surface area contributed by atoms with Crippen molar-refractivity contribution in [1.29, 1.82) is 0 Å². The molecule has 3 nitrogen and oxygen atoms in total. The lowest BCUT2D eigenvalue weighted by atomic mass is 9.45. The largest absolute Gasteiger partial charge is 0.490 e. The van der Waals surface area contributed by atoms with Crippen LogP contribution in [0, 0.1) is 34.5 Å². The summed E-state index contributed by atoms with van der Waals surface area (Å²) in [6.07, 6.45) is 9.37. The van der Waals surface area contributed by atoms with Crippen molar-refractivity contribution in [2.24, 2.45) is 34.5 Å². The summed E-state index contributed by atoms with van der Waals surface area (Å²) in [4.78, 5) is 12.1. The summed E-state index contributed by atoms with van der Waals surface area (Å²) in [6, 6.07) is 8.19. The fraction of sp³-hybridized carbons (Fsp3) is 0.750. The highest BCUT2D eigenvalue weighted by Crippen LogP contribution is 2.65. The number of benzene rings is 1. The van der Waals surface area contributed by atoms with E-state index in [1.54, 1.807) is 0 Å². The van der Waals surface area contributed by atoms with Crippen molar-refractivity contribution in [3.8, 4) is 5.75 Å². The Balaban J connectivity index is 0.000000775.